The molecule has 1 aliphatic rings. The maximum absolute atomic E-state index is 12.8. The van der Waals surface area contributed by atoms with Gasteiger partial charge in [0.2, 0.25) is 0 Å². The van der Waals surface area contributed by atoms with Crippen LogP contribution in [-0.4, -0.2) is 33.4 Å². The molecule has 1 saturated carbocycles. The molecule has 5 nitrogen and oxygen atoms in total. The van der Waals surface area contributed by atoms with Gasteiger partial charge in [-0.15, -0.1) is 11.3 Å². The van der Waals surface area contributed by atoms with Crippen molar-refractivity contribution < 1.29 is 9.90 Å². The summed E-state index contributed by atoms with van der Waals surface area (Å²) in [6, 6.07) is 3.99. The van der Waals surface area contributed by atoms with Gasteiger partial charge in [0, 0.05) is 31.8 Å². The number of amides is 1. The number of aliphatic hydroxyl groups is 1. The largest absolute Gasteiger partial charge is 0.396 e. The van der Waals surface area contributed by atoms with Crippen LogP contribution in [0.1, 0.15) is 42.5 Å². The second-order valence-corrected chi connectivity index (χ2v) is 7.15. The van der Waals surface area contributed by atoms with Gasteiger partial charge in [0.05, 0.1) is 10.4 Å². The van der Waals surface area contributed by atoms with Crippen LogP contribution in [0, 0.1) is 5.92 Å². The molecule has 0 aliphatic heterocycles. The molecule has 1 fully saturated rings. The quantitative estimate of drug-likeness (QED) is 0.846. The third-order valence-corrected chi connectivity index (χ3v) is 5.41. The third kappa shape index (κ3) is 3.64. The Kier molecular flexibility index (Phi) is 5.13. The Bertz CT molecular complexity index is 651. The third-order valence-electron chi connectivity index (χ3n) is 4.54. The van der Waals surface area contributed by atoms with Gasteiger partial charge < -0.3 is 10.4 Å². The number of rotatable bonds is 4. The molecule has 2 unspecified atom stereocenters. The van der Waals surface area contributed by atoms with Crippen LogP contribution in [0.15, 0.2) is 23.7 Å². The highest BCUT2D eigenvalue weighted by Gasteiger charge is 2.27. The van der Waals surface area contributed by atoms with E-state index in [0.717, 1.165) is 36.3 Å². The van der Waals surface area contributed by atoms with E-state index in [9.17, 15) is 9.90 Å². The van der Waals surface area contributed by atoms with E-state index in [2.05, 4.69) is 10.4 Å². The molecule has 2 N–H and O–H groups in total. The van der Waals surface area contributed by atoms with Crippen molar-refractivity contribution in [2.45, 2.75) is 38.1 Å². The van der Waals surface area contributed by atoms with Gasteiger partial charge in [-0.1, -0.05) is 25.3 Å². The van der Waals surface area contributed by atoms with E-state index < -0.39 is 0 Å². The zero-order valence-corrected chi connectivity index (χ0v) is 14.2. The summed E-state index contributed by atoms with van der Waals surface area (Å²) in [5, 5.41) is 19.2. The first-order chi connectivity index (χ1) is 11.2. The average Bonchev–Trinajstić information content (AvgIpc) is 3.13. The number of aryl methyl sites for hydroxylation is 1. The minimum Gasteiger partial charge on any atom is -0.396 e. The van der Waals surface area contributed by atoms with Gasteiger partial charge in [-0.25, -0.2) is 0 Å². The predicted octanol–water partition coefficient (Wildman–Crippen LogP) is 2.82. The minimum atomic E-state index is -0.0909. The van der Waals surface area contributed by atoms with Gasteiger partial charge in [0.1, 0.15) is 5.69 Å². The Morgan fingerprint density at radius 2 is 2.26 bits per heavy atom. The van der Waals surface area contributed by atoms with Gasteiger partial charge in [-0.05, 0) is 24.3 Å². The fourth-order valence-corrected chi connectivity index (χ4v) is 4.01. The van der Waals surface area contributed by atoms with Crippen molar-refractivity contribution in [1.82, 2.24) is 15.1 Å². The molecule has 1 amide bonds. The van der Waals surface area contributed by atoms with Crippen molar-refractivity contribution in [2.75, 3.05) is 6.61 Å². The predicted molar refractivity (Wildman–Crippen MR) is 91.4 cm³/mol. The summed E-state index contributed by atoms with van der Waals surface area (Å²) >= 11 is 1.58. The molecular formula is C17H23N3O2S. The second kappa shape index (κ2) is 7.27. The van der Waals surface area contributed by atoms with E-state index in [0.29, 0.717) is 5.56 Å². The summed E-state index contributed by atoms with van der Waals surface area (Å²) < 4.78 is 1.68. The van der Waals surface area contributed by atoms with Gasteiger partial charge in [0.15, 0.2) is 0 Å². The van der Waals surface area contributed by atoms with Gasteiger partial charge >= 0.3 is 0 Å². The zero-order valence-electron chi connectivity index (χ0n) is 13.4. The highest BCUT2D eigenvalue weighted by molar-refractivity contribution is 7.13. The Hall–Kier alpha value is -1.66. The van der Waals surface area contributed by atoms with Gasteiger partial charge in [-0.2, -0.15) is 5.10 Å². The smallest absolute Gasteiger partial charge is 0.255 e. The summed E-state index contributed by atoms with van der Waals surface area (Å²) in [5.41, 5.74) is 1.34. The van der Waals surface area contributed by atoms with E-state index in [-0.39, 0.29) is 24.5 Å². The van der Waals surface area contributed by atoms with Crippen LogP contribution in [-0.2, 0) is 7.05 Å². The maximum atomic E-state index is 12.8. The number of hydrogen-bond acceptors (Lipinski definition) is 4. The number of thiophene rings is 1. The van der Waals surface area contributed by atoms with Gasteiger partial charge in [-0.3, -0.25) is 9.48 Å². The summed E-state index contributed by atoms with van der Waals surface area (Å²) in [4.78, 5) is 13.8. The lowest BCUT2D eigenvalue weighted by Crippen LogP contribution is -2.41. The molecule has 0 radical (unpaired) electrons. The van der Waals surface area contributed by atoms with Crippen molar-refractivity contribution >= 4 is 17.2 Å². The lowest BCUT2D eigenvalue weighted by Gasteiger charge is -2.24. The van der Waals surface area contributed by atoms with E-state index in [1.54, 1.807) is 22.2 Å². The van der Waals surface area contributed by atoms with Crippen LogP contribution in [0.2, 0.25) is 0 Å². The topological polar surface area (TPSA) is 67.2 Å². The van der Waals surface area contributed by atoms with E-state index in [1.165, 1.54) is 6.42 Å². The highest BCUT2D eigenvalue weighted by Crippen LogP contribution is 2.28. The van der Waals surface area contributed by atoms with Crippen molar-refractivity contribution in [3.05, 3.63) is 29.3 Å². The van der Waals surface area contributed by atoms with E-state index >= 15 is 0 Å². The Balaban J connectivity index is 1.80. The number of carbonyl (C=O) groups is 1. The summed E-state index contributed by atoms with van der Waals surface area (Å²) in [5.74, 6) is 0.0650. The number of aromatic nitrogens is 2. The fraction of sp³-hybridized carbons (Fsp3) is 0.529. The SMILES string of the molecule is Cn1cc(C(=O)NC2CCCCCC2CO)c(-c2cccs2)n1. The fourth-order valence-electron chi connectivity index (χ4n) is 3.29. The first-order valence-electron chi connectivity index (χ1n) is 8.18. The standard InChI is InChI=1S/C17H23N3O2S/c1-20-10-13(16(19-20)15-8-5-9-23-15)17(22)18-14-7-4-2-3-6-12(14)11-21/h5,8-10,12,14,21H,2-4,6-7,11H2,1H3,(H,18,22). The molecule has 0 aromatic carbocycles. The first kappa shape index (κ1) is 16.2. The molecule has 2 aromatic rings. The van der Waals surface area contributed by atoms with Crippen molar-refractivity contribution in [3.63, 3.8) is 0 Å². The normalized spacial score (nSPS) is 21.8. The van der Waals surface area contributed by atoms with Crippen molar-refractivity contribution in [2.24, 2.45) is 13.0 Å². The second-order valence-electron chi connectivity index (χ2n) is 6.20. The zero-order chi connectivity index (χ0) is 16.2. The lowest BCUT2D eigenvalue weighted by atomic mass is 9.95. The van der Waals surface area contributed by atoms with E-state index in [1.807, 2.05) is 24.6 Å². The van der Waals surface area contributed by atoms with Crippen LogP contribution in [0.4, 0.5) is 0 Å². The summed E-state index contributed by atoms with van der Waals surface area (Å²) in [6.45, 7) is 0.135. The number of nitrogens with one attached hydrogen (secondary N) is 1. The average molecular weight is 333 g/mol. The molecule has 1 aliphatic carbocycles. The van der Waals surface area contributed by atoms with Gasteiger partial charge in [0.25, 0.3) is 5.91 Å². The molecule has 0 saturated heterocycles. The van der Waals surface area contributed by atoms with Crippen LogP contribution in [0.3, 0.4) is 0 Å². The summed E-state index contributed by atoms with van der Waals surface area (Å²) in [7, 11) is 1.83. The monoisotopic (exact) mass is 333 g/mol. The molecule has 0 bridgehead atoms. The maximum Gasteiger partial charge on any atom is 0.255 e. The Morgan fingerprint density at radius 1 is 1.43 bits per heavy atom. The molecule has 2 aromatic heterocycles. The molecule has 2 heterocycles. The number of carbonyl (C=O) groups excluding carboxylic acids is 1. The molecular weight excluding hydrogens is 310 g/mol. The molecule has 6 heteroatoms. The Labute approximate surface area is 140 Å². The minimum absolute atomic E-state index is 0.0476. The van der Waals surface area contributed by atoms with E-state index in [4.69, 9.17) is 0 Å². The van der Waals surface area contributed by atoms with Crippen molar-refractivity contribution in [1.29, 1.82) is 0 Å². The number of nitrogens with zero attached hydrogens (tertiary/aromatic N) is 2. The van der Waals surface area contributed by atoms with Crippen LogP contribution in [0.25, 0.3) is 10.6 Å². The lowest BCUT2D eigenvalue weighted by molar-refractivity contribution is 0.0900. The highest BCUT2D eigenvalue weighted by atomic mass is 32.1. The van der Waals surface area contributed by atoms with Crippen LogP contribution >= 0.6 is 11.3 Å². The Morgan fingerprint density at radius 3 is 3.00 bits per heavy atom. The summed E-state index contributed by atoms with van der Waals surface area (Å²) in [6.07, 6.45) is 7.10. The molecule has 3 rings (SSSR count). The first-order valence-corrected chi connectivity index (χ1v) is 9.06. The molecule has 23 heavy (non-hydrogen) atoms. The van der Waals surface area contributed by atoms with Crippen LogP contribution in [0.5, 0.6) is 0 Å². The number of hydrogen-bond donors (Lipinski definition) is 2. The van der Waals surface area contributed by atoms with Crippen LogP contribution < -0.4 is 5.32 Å². The molecule has 124 valence electrons. The molecule has 2 atom stereocenters. The molecule has 0 spiro atoms. The number of aliphatic hydroxyl groups excluding tert-OH is 1. The van der Waals surface area contributed by atoms with Crippen molar-refractivity contribution in [3.8, 4) is 10.6 Å².